The van der Waals surface area contributed by atoms with E-state index in [1.807, 2.05) is 12.1 Å². The SMILES string of the molecule is COc1cccc(Cn2nnc3c(Cl)ncnc32)c1Cl. The van der Waals surface area contributed by atoms with E-state index in [1.54, 1.807) is 17.9 Å². The third kappa shape index (κ3) is 2.17. The lowest BCUT2D eigenvalue weighted by Gasteiger charge is -2.08. The highest BCUT2D eigenvalue weighted by atomic mass is 35.5. The molecule has 0 atom stereocenters. The van der Waals surface area contributed by atoms with Crippen molar-refractivity contribution in [2.75, 3.05) is 7.11 Å². The van der Waals surface area contributed by atoms with Crippen LogP contribution in [0, 0.1) is 0 Å². The molecule has 20 heavy (non-hydrogen) atoms. The number of fused-ring (bicyclic) bond motifs is 1. The van der Waals surface area contributed by atoms with Gasteiger partial charge in [-0.25, -0.2) is 14.6 Å². The third-order valence-corrected chi connectivity index (χ3v) is 3.54. The van der Waals surface area contributed by atoms with E-state index in [4.69, 9.17) is 27.9 Å². The summed E-state index contributed by atoms with van der Waals surface area (Å²) < 4.78 is 6.80. The number of ether oxygens (including phenoxy) is 1. The standard InChI is InChI=1S/C12H9Cl2N5O/c1-20-8-4-2-3-7(9(8)13)5-19-12-10(17-18-19)11(14)15-6-16-12/h2-4,6H,5H2,1H3. The summed E-state index contributed by atoms with van der Waals surface area (Å²) in [7, 11) is 1.57. The molecule has 8 heteroatoms. The van der Waals surface area contributed by atoms with Crippen molar-refractivity contribution in [2.24, 2.45) is 0 Å². The fraction of sp³-hybridized carbons (Fsp3) is 0.167. The van der Waals surface area contributed by atoms with Crippen molar-refractivity contribution in [3.8, 4) is 5.75 Å². The molecule has 0 amide bonds. The predicted molar refractivity (Wildman–Crippen MR) is 75.2 cm³/mol. The van der Waals surface area contributed by atoms with E-state index in [0.29, 0.717) is 28.5 Å². The molecule has 0 saturated heterocycles. The smallest absolute Gasteiger partial charge is 0.183 e. The number of methoxy groups -OCH3 is 1. The number of hydrogen-bond donors (Lipinski definition) is 0. The van der Waals surface area contributed by atoms with Crippen LogP contribution in [-0.2, 0) is 6.54 Å². The zero-order valence-electron chi connectivity index (χ0n) is 10.4. The van der Waals surface area contributed by atoms with Crippen LogP contribution in [0.1, 0.15) is 5.56 Å². The summed E-state index contributed by atoms with van der Waals surface area (Å²) in [6.45, 7) is 0.417. The lowest BCUT2D eigenvalue weighted by molar-refractivity contribution is 0.414. The molecular weight excluding hydrogens is 301 g/mol. The topological polar surface area (TPSA) is 65.7 Å². The van der Waals surface area contributed by atoms with E-state index in [0.717, 1.165) is 5.56 Å². The van der Waals surface area contributed by atoms with Crippen LogP contribution in [0.4, 0.5) is 0 Å². The van der Waals surface area contributed by atoms with Crippen LogP contribution in [0.15, 0.2) is 24.5 Å². The first-order valence-electron chi connectivity index (χ1n) is 5.71. The summed E-state index contributed by atoms with van der Waals surface area (Å²) in [4.78, 5) is 8.00. The minimum Gasteiger partial charge on any atom is -0.495 e. The van der Waals surface area contributed by atoms with E-state index < -0.39 is 0 Å². The molecule has 0 N–H and O–H groups in total. The summed E-state index contributed by atoms with van der Waals surface area (Å²) in [6, 6.07) is 5.55. The number of hydrogen-bond acceptors (Lipinski definition) is 5. The first-order valence-corrected chi connectivity index (χ1v) is 6.47. The average Bonchev–Trinajstić information content (AvgIpc) is 2.86. The van der Waals surface area contributed by atoms with Gasteiger partial charge < -0.3 is 4.74 Å². The molecule has 2 aromatic heterocycles. The van der Waals surface area contributed by atoms with Crippen LogP contribution in [0.3, 0.4) is 0 Å². The maximum Gasteiger partial charge on any atom is 0.183 e. The van der Waals surface area contributed by atoms with Crippen LogP contribution in [-0.4, -0.2) is 32.1 Å². The van der Waals surface area contributed by atoms with Crippen molar-refractivity contribution < 1.29 is 4.74 Å². The third-order valence-electron chi connectivity index (χ3n) is 2.84. The maximum absolute atomic E-state index is 6.26. The fourth-order valence-corrected chi connectivity index (χ4v) is 2.30. The second kappa shape index (κ2) is 5.22. The van der Waals surface area contributed by atoms with Crippen molar-refractivity contribution in [1.29, 1.82) is 0 Å². The Kier molecular flexibility index (Phi) is 3.42. The Morgan fingerprint density at radius 1 is 1.25 bits per heavy atom. The molecule has 3 rings (SSSR count). The van der Waals surface area contributed by atoms with Gasteiger partial charge in [0.2, 0.25) is 0 Å². The Bertz CT molecular complexity index is 774. The van der Waals surface area contributed by atoms with Gasteiger partial charge in [0.15, 0.2) is 16.3 Å². The summed E-state index contributed by atoms with van der Waals surface area (Å²) in [5.74, 6) is 0.612. The minimum absolute atomic E-state index is 0.276. The minimum atomic E-state index is 0.276. The molecule has 0 aliphatic carbocycles. The summed E-state index contributed by atoms with van der Waals surface area (Å²) >= 11 is 12.2. The second-order valence-electron chi connectivity index (χ2n) is 4.02. The average molecular weight is 310 g/mol. The highest BCUT2D eigenvalue weighted by Crippen LogP contribution is 2.28. The fourth-order valence-electron chi connectivity index (χ4n) is 1.87. The first-order chi connectivity index (χ1) is 9.70. The van der Waals surface area contributed by atoms with Gasteiger partial charge in [-0.2, -0.15) is 0 Å². The molecule has 102 valence electrons. The molecule has 6 nitrogen and oxygen atoms in total. The van der Waals surface area contributed by atoms with E-state index in [2.05, 4.69) is 20.3 Å². The molecule has 0 aliphatic heterocycles. The summed E-state index contributed by atoms with van der Waals surface area (Å²) in [6.07, 6.45) is 1.37. The molecule has 1 aromatic carbocycles. The van der Waals surface area contributed by atoms with Gasteiger partial charge in [0.25, 0.3) is 0 Å². The van der Waals surface area contributed by atoms with E-state index >= 15 is 0 Å². The van der Waals surface area contributed by atoms with Crippen LogP contribution < -0.4 is 4.74 Å². The maximum atomic E-state index is 6.26. The van der Waals surface area contributed by atoms with Crippen LogP contribution in [0.2, 0.25) is 10.2 Å². The quantitative estimate of drug-likeness (QED) is 0.696. The van der Waals surface area contributed by atoms with Crippen LogP contribution in [0.25, 0.3) is 11.2 Å². The molecule has 2 heterocycles. The molecule has 0 fully saturated rings. The van der Waals surface area contributed by atoms with Gasteiger partial charge in [0.1, 0.15) is 12.1 Å². The van der Waals surface area contributed by atoms with Gasteiger partial charge >= 0.3 is 0 Å². The second-order valence-corrected chi connectivity index (χ2v) is 4.75. The Morgan fingerprint density at radius 3 is 2.90 bits per heavy atom. The number of rotatable bonds is 3. The summed E-state index contributed by atoms with van der Waals surface area (Å²) in [5, 5.41) is 8.81. The molecule has 0 saturated carbocycles. The van der Waals surface area contributed by atoms with Crippen LogP contribution >= 0.6 is 23.2 Å². The zero-order chi connectivity index (χ0) is 14.1. The lowest BCUT2D eigenvalue weighted by atomic mass is 10.2. The molecule has 0 unspecified atom stereocenters. The number of nitrogens with zero attached hydrogens (tertiary/aromatic N) is 5. The first kappa shape index (κ1) is 13.1. The molecule has 0 bridgehead atoms. The van der Waals surface area contributed by atoms with Crippen molar-refractivity contribution in [2.45, 2.75) is 6.54 Å². The largest absolute Gasteiger partial charge is 0.495 e. The van der Waals surface area contributed by atoms with Crippen molar-refractivity contribution in [3.63, 3.8) is 0 Å². The van der Waals surface area contributed by atoms with E-state index in [1.165, 1.54) is 6.33 Å². The highest BCUT2D eigenvalue weighted by molar-refractivity contribution is 6.33. The van der Waals surface area contributed by atoms with Gasteiger partial charge in [-0.15, -0.1) is 5.10 Å². The Hall–Kier alpha value is -1.92. The van der Waals surface area contributed by atoms with Crippen molar-refractivity contribution >= 4 is 34.4 Å². The zero-order valence-corrected chi connectivity index (χ0v) is 11.9. The predicted octanol–water partition coefficient (Wildman–Crippen LogP) is 2.59. The molecule has 0 radical (unpaired) electrons. The van der Waals surface area contributed by atoms with E-state index in [-0.39, 0.29) is 5.15 Å². The highest BCUT2D eigenvalue weighted by Gasteiger charge is 2.13. The number of aromatic nitrogens is 5. The van der Waals surface area contributed by atoms with Gasteiger partial charge in [-0.05, 0) is 11.6 Å². The monoisotopic (exact) mass is 309 g/mol. The summed E-state index contributed by atoms with van der Waals surface area (Å²) in [5.41, 5.74) is 1.88. The van der Waals surface area contributed by atoms with Gasteiger partial charge in [-0.1, -0.05) is 40.5 Å². The van der Waals surface area contributed by atoms with Crippen molar-refractivity contribution in [3.05, 3.63) is 40.3 Å². The van der Waals surface area contributed by atoms with Gasteiger partial charge in [0.05, 0.1) is 18.7 Å². The van der Waals surface area contributed by atoms with Gasteiger partial charge in [-0.3, -0.25) is 0 Å². The van der Waals surface area contributed by atoms with E-state index in [9.17, 15) is 0 Å². The molecular formula is C12H9Cl2N5O. The Balaban J connectivity index is 2.04. The Labute approximate surface area is 124 Å². The van der Waals surface area contributed by atoms with Crippen LogP contribution in [0.5, 0.6) is 5.75 Å². The normalized spacial score (nSPS) is 10.9. The molecule has 0 spiro atoms. The van der Waals surface area contributed by atoms with Gasteiger partial charge in [0, 0.05) is 0 Å². The number of benzene rings is 1. The van der Waals surface area contributed by atoms with Crippen molar-refractivity contribution in [1.82, 2.24) is 25.0 Å². The Morgan fingerprint density at radius 2 is 2.10 bits per heavy atom. The lowest BCUT2D eigenvalue weighted by Crippen LogP contribution is -2.04. The molecule has 3 aromatic rings. The number of halogens is 2. The molecule has 0 aliphatic rings.